The zero-order valence-corrected chi connectivity index (χ0v) is 37.9. The second-order valence-electron chi connectivity index (χ2n) is 18.0. The van der Waals surface area contributed by atoms with Gasteiger partial charge in [0.15, 0.2) is 0 Å². The summed E-state index contributed by atoms with van der Waals surface area (Å²) in [5, 5.41) is 17.6. The molecule has 0 aliphatic carbocycles. The minimum absolute atomic E-state index is 0.235. The molecule has 0 atom stereocenters. The van der Waals surface area contributed by atoms with Crippen LogP contribution in [-0.2, 0) is 0 Å². The summed E-state index contributed by atoms with van der Waals surface area (Å²) >= 11 is 0.235. The molecule has 306 valence electrons. The third-order valence-electron chi connectivity index (χ3n) is 13.7. The number of nitrogens with zero attached hydrogens (tertiary/aromatic N) is 5. The molecule has 10 aromatic carbocycles. The quantitative estimate of drug-likeness (QED) is 0.131. The van der Waals surface area contributed by atoms with E-state index in [1.54, 1.807) is 0 Å². The van der Waals surface area contributed by atoms with Crippen molar-refractivity contribution in [3.63, 3.8) is 0 Å². The first-order valence-corrected chi connectivity index (χ1v) is 24.0. The number of benzene rings is 10. The Morgan fingerprint density at radius 2 is 0.815 bits per heavy atom. The summed E-state index contributed by atoms with van der Waals surface area (Å²) in [4.78, 5) is 16.4. The number of aromatic nitrogens is 5. The van der Waals surface area contributed by atoms with Gasteiger partial charge in [-0.3, -0.25) is 0 Å². The Hall–Kier alpha value is -7.63. The number of fused-ring (bicyclic) bond motifs is 17. The van der Waals surface area contributed by atoms with Crippen LogP contribution in [0, 0.1) is 27.7 Å². The van der Waals surface area contributed by atoms with E-state index < -0.39 is 0 Å². The van der Waals surface area contributed by atoms with Gasteiger partial charge in [-0.05, 0) is 76.2 Å². The number of hydrogen-bond donors (Lipinski definition) is 0. The Balaban J connectivity index is 1.08. The Labute approximate surface area is 379 Å². The van der Waals surface area contributed by atoms with E-state index in [2.05, 4.69) is 201 Å². The summed E-state index contributed by atoms with van der Waals surface area (Å²) in [6.45, 7) is 8.63. The van der Waals surface area contributed by atoms with E-state index in [1.165, 1.54) is 106 Å². The van der Waals surface area contributed by atoms with E-state index in [1.807, 2.05) is 0 Å². The van der Waals surface area contributed by atoms with Gasteiger partial charge in [0.25, 0.3) is 0 Å². The van der Waals surface area contributed by atoms with Crippen LogP contribution in [0.15, 0.2) is 164 Å². The van der Waals surface area contributed by atoms with Gasteiger partial charge in [-0.25, -0.2) is 0 Å². The summed E-state index contributed by atoms with van der Waals surface area (Å²) in [5.41, 5.74) is 10.0. The fraction of sp³-hybridized carbons (Fsp3) is 0.0678. The predicted octanol–water partition coefficient (Wildman–Crippen LogP) is 14.9. The number of hydrogen-bond acceptors (Lipinski definition) is 3. The van der Waals surface area contributed by atoms with Crippen molar-refractivity contribution in [3.05, 3.63) is 186 Å². The summed E-state index contributed by atoms with van der Waals surface area (Å²) < 4.78 is 7.37. The second-order valence-corrected chi connectivity index (χ2v) is 20.2. The normalized spacial score (nSPS) is 12.3. The van der Waals surface area contributed by atoms with E-state index in [9.17, 15) is 0 Å². The average molecular weight is 897 g/mol. The SMILES string of the molecule is Cc1ccc2c(c1)c1cc(C)ccc1n2-c1nc(-c2ccc3c(c2)c2ccccc2c2cc4[se]c5ccc6ccccc6c5c4cc32)nc(-n2c3ccc(C)cc3c3cc(C)ccc32)n1. The third-order valence-corrected chi connectivity index (χ3v) is 16.1. The van der Waals surface area contributed by atoms with E-state index in [4.69, 9.17) is 15.0 Å². The summed E-state index contributed by atoms with van der Waals surface area (Å²) in [5.74, 6) is 1.79. The number of rotatable bonds is 3. The molecule has 14 aromatic rings. The molecule has 65 heavy (non-hydrogen) atoms. The molecule has 4 heterocycles. The van der Waals surface area contributed by atoms with Crippen LogP contribution in [0.25, 0.3) is 129 Å². The average Bonchev–Trinajstić information content (AvgIpc) is 3.97. The van der Waals surface area contributed by atoms with Crippen LogP contribution in [0.5, 0.6) is 0 Å². The van der Waals surface area contributed by atoms with Crippen molar-refractivity contribution in [2.75, 3.05) is 0 Å². The molecule has 0 N–H and O–H groups in total. The maximum absolute atomic E-state index is 5.47. The zero-order chi connectivity index (χ0) is 43.2. The van der Waals surface area contributed by atoms with Gasteiger partial charge >= 0.3 is 215 Å². The van der Waals surface area contributed by atoms with Gasteiger partial charge in [0.2, 0.25) is 0 Å². The van der Waals surface area contributed by atoms with Crippen molar-refractivity contribution in [1.29, 1.82) is 0 Å². The Kier molecular flexibility index (Phi) is 7.62. The topological polar surface area (TPSA) is 48.5 Å². The number of aryl methyl sites for hydroxylation is 4. The molecular formula is C59H39N5Se. The van der Waals surface area contributed by atoms with Crippen LogP contribution in [0.4, 0.5) is 0 Å². The molecule has 0 unspecified atom stereocenters. The van der Waals surface area contributed by atoms with Crippen molar-refractivity contribution in [3.8, 4) is 23.3 Å². The minimum atomic E-state index is 0.235. The van der Waals surface area contributed by atoms with Crippen molar-refractivity contribution in [2.45, 2.75) is 27.7 Å². The third kappa shape index (κ3) is 5.36. The molecule has 0 bridgehead atoms. The fourth-order valence-electron chi connectivity index (χ4n) is 10.7. The Bertz CT molecular complexity index is 4150. The van der Waals surface area contributed by atoms with Gasteiger partial charge in [0, 0.05) is 21.5 Å². The fourth-order valence-corrected chi connectivity index (χ4v) is 13.1. The van der Waals surface area contributed by atoms with Gasteiger partial charge in [0.1, 0.15) is 0 Å². The maximum atomic E-state index is 5.47. The molecule has 14 rings (SSSR count). The van der Waals surface area contributed by atoms with E-state index in [0.717, 1.165) is 27.6 Å². The molecule has 0 aliphatic heterocycles. The first-order valence-electron chi connectivity index (χ1n) is 22.3. The monoisotopic (exact) mass is 897 g/mol. The van der Waals surface area contributed by atoms with Crippen LogP contribution >= 0.6 is 0 Å². The van der Waals surface area contributed by atoms with Crippen LogP contribution in [0.1, 0.15) is 22.3 Å². The first-order chi connectivity index (χ1) is 31.8. The van der Waals surface area contributed by atoms with E-state index in [0.29, 0.717) is 17.7 Å². The van der Waals surface area contributed by atoms with Gasteiger partial charge in [-0.2, -0.15) is 0 Å². The molecule has 4 aromatic heterocycles. The minimum Gasteiger partial charge on any atom is -0.0572 e. The molecule has 6 heteroatoms. The van der Waals surface area contributed by atoms with Gasteiger partial charge < -0.3 is 0 Å². The smallest absolute Gasteiger partial charge is 0.0572 e. The van der Waals surface area contributed by atoms with Crippen LogP contribution in [0.3, 0.4) is 0 Å². The van der Waals surface area contributed by atoms with Gasteiger partial charge in [-0.1, -0.05) is 46.5 Å². The summed E-state index contributed by atoms with van der Waals surface area (Å²) in [6.07, 6.45) is 0. The van der Waals surface area contributed by atoms with Crippen molar-refractivity contribution >= 4 is 120 Å². The Morgan fingerprint density at radius 1 is 0.338 bits per heavy atom. The molecule has 0 spiro atoms. The molecule has 0 saturated carbocycles. The molecule has 5 nitrogen and oxygen atoms in total. The molecule has 0 amide bonds. The predicted molar refractivity (Wildman–Crippen MR) is 275 cm³/mol. The van der Waals surface area contributed by atoms with Crippen molar-refractivity contribution < 1.29 is 0 Å². The molecule has 0 saturated heterocycles. The van der Waals surface area contributed by atoms with Crippen molar-refractivity contribution in [2.24, 2.45) is 0 Å². The van der Waals surface area contributed by atoms with Crippen molar-refractivity contribution in [1.82, 2.24) is 24.1 Å². The van der Waals surface area contributed by atoms with Crippen LogP contribution in [-0.4, -0.2) is 38.6 Å². The Morgan fingerprint density at radius 3 is 1.37 bits per heavy atom. The molecule has 0 fully saturated rings. The zero-order valence-electron chi connectivity index (χ0n) is 36.2. The van der Waals surface area contributed by atoms with Gasteiger partial charge in [0.05, 0.1) is 22.1 Å². The van der Waals surface area contributed by atoms with E-state index in [-0.39, 0.29) is 14.5 Å². The molecule has 0 aliphatic rings. The van der Waals surface area contributed by atoms with E-state index >= 15 is 0 Å². The summed E-state index contributed by atoms with van der Waals surface area (Å²) in [6, 6.07) is 60.9. The first kappa shape index (κ1) is 36.8. The molecular weight excluding hydrogens is 858 g/mol. The molecule has 0 radical (unpaired) electrons. The van der Waals surface area contributed by atoms with Crippen LogP contribution in [0.2, 0.25) is 0 Å². The summed E-state index contributed by atoms with van der Waals surface area (Å²) in [7, 11) is 0. The second kappa shape index (κ2) is 13.4. The standard InChI is InChI=1S/C59H39N5Se/c1-32-13-20-50-45(25-32)46-26-33(2)14-21-51(46)63(50)58-60-57(61-59(62-58)64-52-22-15-34(3)27-47(52)48-28-35(4)16-23-53(48)64)37-17-19-41-42(29-37)39-11-7-8-12-40(39)44-31-55-49(30-43(41)44)56-38-10-6-5-9-36(38)18-24-54(56)65-55/h5-31H,1-4H3. The van der Waals surface area contributed by atoms with Gasteiger partial charge in [-0.15, -0.1) is 0 Å². The van der Waals surface area contributed by atoms with Crippen LogP contribution < -0.4 is 0 Å².